The van der Waals surface area contributed by atoms with Crippen molar-refractivity contribution in [3.8, 4) is 0 Å². The van der Waals surface area contributed by atoms with Gasteiger partial charge in [0.05, 0.1) is 6.10 Å². The van der Waals surface area contributed by atoms with E-state index in [0.717, 1.165) is 18.8 Å². The summed E-state index contributed by atoms with van der Waals surface area (Å²) in [6.07, 6.45) is 4.71. The summed E-state index contributed by atoms with van der Waals surface area (Å²) in [5, 5.41) is 38.3. The van der Waals surface area contributed by atoms with Crippen molar-refractivity contribution in [1.82, 2.24) is 0 Å². The summed E-state index contributed by atoms with van der Waals surface area (Å²) >= 11 is 0. The smallest absolute Gasteiger partial charge is 0.183 e. The van der Waals surface area contributed by atoms with Crippen LogP contribution in [0.3, 0.4) is 0 Å². The Balaban J connectivity index is 1.65. The van der Waals surface area contributed by atoms with E-state index in [-0.39, 0.29) is 0 Å². The Kier molecular flexibility index (Phi) is 6.23. The van der Waals surface area contributed by atoms with Gasteiger partial charge in [-0.15, -0.1) is 0 Å². The van der Waals surface area contributed by atoms with Gasteiger partial charge >= 0.3 is 0 Å². The van der Waals surface area contributed by atoms with E-state index in [2.05, 4.69) is 0 Å². The van der Waals surface area contributed by atoms with Gasteiger partial charge < -0.3 is 25.2 Å². The molecule has 0 spiro atoms. The molecule has 118 valence electrons. The lowest BCUT2D eigenvalue weighted by atomic mass is 9.85. The summed E-state index contributed by atoms with van der Waals surface area (Å²) in [5.41, 5.74) is 0. The fraction of sp³-hybridized carbons (Fsp3) is 1.00. The summed E-state index contributed by atoms with van der Waals surface area (Å²) in [4.78, 5) is 0. The van der Waals surface area contributed by atoms with Crippen LogP contribution < -0.4 is 0 Å². The molecule has 4 N–H and O–H groups in total. The molecule has 1 saturated heterocycles. The van der Waals surface area contributed by atoms with E-state index in [0.29, 0.717) is 6.42 Å². The third kappa shape index (κ3) is 4.15. The first-order valence-electron chi connectivity index (χ1n) is 7.97. The molecule has 0 unspecified atom stereocenters. The zero-order valence-electron chi connectivity index (χ0n) is 12.0. The van der Waals surface area contributed by atoms with Gasteiger partial charge in [0.1, 0.15) is 18.3 Å². The molecular weight excluding hydrogens is 260 g/mol. The molecule has 0 radical (unpaired) electrons. The van der Waals surface area contributed by atoms with E-state index in [1.165, 1.54) is 38.5 Å². The van der Waals surface area contributed by atoms with Crippen molar-refractivity contribution in [2.24, 2.45) is 5.92 Å². The van der Waals surface area contributed by atoms with Crippen LogP contribution >= 0.6 is 0 Å². The Morgan fingerprint density at radius 3 is 2.10 bits per heavy atom. The molecular formula is C15H28O5. The third-order valence-corrected chi connectivity index (χ3v) is 4.76. The summed E-state index contributed by atoms with van der Waals surface area (Å²) in [5.74, 6) is 0.846. The normalized spacial score (nSPS) is 39.9. The number of aliphatic hydroxyl groups is 4. The van der Waals surface area contributed by atoms with Gasteiger partial charge in [-0.25, -0.2) is 0 Å². The maximum atomic E-state index is 9.83. The molecule has 0 aromatic heterocycles. The molecule has 2 rings (SSSR count). The highest BCUT2D eigenvalue weighted by molar-refractivity contribution is 4.88. The number of rotatable bonds is 5. The highest BCUT2D eigenvalue weighted by atomic mass is 16.6. The average Bonchev–Trinajstić information content (AvgIpc) is 2.47. The first-order valence-corrected chi connectivity index (χ1v) is 7.97. The predicted octanol–water partition coefficient (Wildman–Crippen LogP) is 0.927. The highest BCUT2D eigenvalue weighted by Crippen LogP contribution is 2.29. The summed E-state index contributed by atoms with van der Waals surface area (Å²) in [6.45, 7) is 0. The monoisotopic (exact) mass is 288 g/mol. The van der Waals surface area contributed by atoms with Crippen molar-refractivity contribution >= 4 is 0 Å². The standard InChI is InChI=1S/C15H28O5/c16-12-11(20-15(19)14(18)13(12)17)9-5-4-8-10-6-2-1-3-7-10/h10-19H,1-9H2/t11-,12+,13+,14-,15-/m1/s1. The van der Waals surface area contributed by atoms with Crippen LogP contribution in [0.25, 0.3) is 0 Å². The van der Waals surface area contributed by atoms with Crippen LogP contribution in [0.2, 0.25) is 0 Å². The minimum atomic E-state index is -1.43. The fourth-order valence-corrected chi connectivity index (χ4v) is 3.42. The zero-order valence-corrected chi connectivity index (χ0v) is 12.0. The number of aliphatic hydroxyl groups excluding tert-OH is 4. The zero-order chi connectivity index (χ0) is 14.5. The lowest BCUT2D eigenvalue weighted by Gasteiger charge is -2.38. The first-order chi connectivity index (χ1) is 9.59. The molecule has 20 heavy (non-hydrogen) atoms. The minimum absolute atomic E-state index is 0.588. The van der Waals surface area contributed by atoms with E-state index >= 15 is 0 Å². The molecule has 0 aromatic rings. The Labute approximate surface area is 120 Å². The molecule has 2 aliphatic rings. The minimum Gasteiger partial charge on any atom is -0.388 e. The Morgan fingerprint density at radius 2 is 1.40 bits per heavy atom. The van der Waals surface area contributed by atoms with E-state index in [1.807, 2.05) is 0 Å². The third-order valence-electron chi connectivity index (χ3n) is 4.76. The van der Waals surface area contributed by atoms with Crippen LogP contribution in [-0.2, 0) is 4.74 Å². The second-order valence-electron chi connectivity index (χ2n) is 6.33. The molecule has 1 saturated carbocycles. The number of ether oxygens (including phenoxy) is 1. The van der Waals surface area contributed by atoms with Crippen molar-refractivity contribution in [3.63, 3.8) is 0 Å². The van der Waals surface area contributed by atoms with Crippen LogP contribution in [-0.4, -0.2) is 51.1 Å². The average molecular weight is 288 g/mol. The molecule has 5 heteroatoms. The second-order valence-corrected chi connectivity index (χ2v) is 6.33. The van der Waals surface area contributed by atoms with Gasteiger partial charge in [-0.05, 0) is 12.3 Å². The number of hydrogen-bond acceptors (Lipinski definition) is 5. The van der Waals surface area contributed by atoms with Crippen LogP contribution in [0, 0.1) is 5.92 Å². The maximum absolute atomic E-state index is 9.83. The van der Waals surface area contributed by atoms with E-state index in [4.69, 9.17) is 4.74 Å². The molecule has 1 heterocycles. The Hall–Kier alpha value is -0.200. The summed E-state index contributed by atoms with van der Waals surface area (Å²) in [7, 11) is 0. The topological polar surface area (TPSA) is 90.2 Å². The van der Waals surface area contributed by atoms with Gasteiger partial charge in [0.15, 0.2) is 6.29 Å². The van der Waals surface area contributed by atoms with Crippen molar-refractivity contribution in [1.29, 1.82) is 0 Å². The van der Waals surface area contributed by atoms with Gasteiger partial charge in [-0.3, -0.25) is 0 Å². The quantitative estimate of drug-likeness (QED) is 0.565. The number of hydrogen-bond donors (Lipinski definition) is 4. The Bertz CT molecular complexity index is 279. The fourth-order valence-electron chi connectivity index (χ4n) is 3.42. The summed E-state index contributed by atoms with van der Waals surface area (Å²) in [6, 6.07) is 0. The van der Waals surface area contributed by atoms with Crippen LogP contribution in [0.15, 0.2) is 0 Å². The van der Waals surface area contributed by atoms with E-state index < -0.39 is 30.7 Å². The van der Waals surface area contributed by atoms with Gasteiger partial charge in [0, 0.05) is 0 Å². The lowest BCUT2D eigenvalue weighted by Crippen LogP contribution is -2.57. The van der Waals surface area contributed by atoms with Crippen molar-refractivity contribution in [2.45, 2.75) is 88.5 Å². The number of unbranched alkanes of at least 4 members (excludes halogenated alkanes) is 1. The van der Waals surface area contributed by atoms with Crippen LogP contribution in [0.4, 0.5) is 0 Å². The largest absolute Gasteiger partial charge is 0.388 e. The molecule has 1 aliphatic heterocycles. The van der Waals surface area contributed by atoms with Gasteiger partial charge in [0.2, 0.25) is 0 Å². The second kappa shape index (κ2) is 7.71. The summed E-state index contributed by atoms with van der Waals surface area (Å²) < 4.78 is 5.17. The molecule has 0 amide bonds. The molecule has 2 fully saturated rings. The van der Waals surface area contributed by atoms with Crippen LogP contribution in [0.5, 0.6) is 0 Å². The van der Waals surface area contributed by atoms with E-state index in [1.54, 1.807) is 0 Å². The Morgan fingerprint density at radius 1 is 0.750 bits per heavy atom. The van der Waals surface area contributed by atoms with Crippen molar-refractivity contribution < 1.29 is 25.2 Å². The van der Waals surface area contributed by atoms with Gasteiger partial charge in [-0.2, -0.15) is 0 Å². The molecule has 0 aromatic carbocycles. The lowest BCUT2D eigenvalue weighted by molar-refractivity contribution is -0.282. The van der Waals surface area contributed by atoms with E-state index in [9.17, 15) is 20.4 Å². The van der Waals surface area contributed by atoms with Gasteiger partial charge in [0.25, 0.3) is 0 Å². The first kappa shape index (κ1) is 16.2. The molecule has 5 nitrogen and oxygen atoms in total. The molecule has 5 atom stereocenters. The molecule has 0 bridgehead atoms. The maximum Gasteiger partial charge on any atom is 0.183 e. The van der Waals surface area contributed by atoms with Crippen molar-refractivity contribution in [3.05, 3.63) is 0 Å². The molecule has 1 aliphatic carbocycles. The predicted molar refractivity (Wildman–Crippen MR) is 73.9 cm³/mol. The van der Waals surface area contributed by atoms with Crippen molar-refractivity contribution in [2.75, 3.05) is 0 Å². The highest BCUT2D eigenvalue weighted by Gasteiger charge is 2.42. The van der Waals surface area contributed by atoms with Crippen LogP contribution in [0.1, 0.15) is 57.8 Å². The van der Waals surface area contributed by atoms with Gasteiger partial charge in [-0.1, -0.05) is 51.4 Å². The SMILES string of the molecule is O[C@@H]1[C@@H](O)[C@H](O)O[C@H](CCCCC2CCCCC2)[C@@H]1O.